The summed E-state index contributed by atoms with van der Waals surface area (Å²) in [6.45, 7) is 4.23. The first-order chi connectivity index (χ1) is 6.16. The fourth-order valence-electron chi connectivity index (χ4n) is 1.37. The maximum atomic E-state index is 11.0. The molecule has 0 spiro atoms. The highest BCUT2D eigenvalue weighted by Gasteiger charge is 2.03. The molecular formula is C10H12N2O. The lowest BCUT2D eigenvalue weighted by Crippen LogP contribution is -2.01. The minimum Gasteiger partial charge on any atom is -0.345 e. The van der Waals surface area contributed by atoms with Gasteiger partial charge in [0.1, 0.15) is 5.65 Å². The van der Waals surface area contributed by atoms with Crippen LogP contribution in [0.15, 0.2) is 23.0 Å². The molecule has 2 heterocycles. The van der Waals surface area contributed by atoms with Gasteiger partial charge in [-0.25, -0.2) is 0 Å². The number of nitrogens with one attached hydrogen (secondary N) is 2. The second kappa shape index (κ2) is 2.76. The molecule has 2 N–H and O–H groups in total. The van der Waals surface area contributed by atoms with Crippen LogP contribution < -0.4 is 5.56 Å². The van der Waals surface area contributed by atoms with Gasteiger partial charge in [0.2, 0.25) is 5.56 Å². The number of H-pyrrole nitrogens is 2. The Morgan fingerprint density at radius 2 is 2.00 bits per heavy atom. The molecule has 0 bridgehead atoms. The lowest BCUT2D eigenvalue weighted by atomic mass is 10.1. The van der Waals surface area contributed by atoms with Gasteiger partial charge in [0.05, 0.1) is 0 Å². The highest BCUT2D eigenvalue weighted by molar-refractivity contribution is 5.76. The molecule has 2 aromatic rings. The summed E-state index contributed by atoms with van der Waals surface area (Å²) in [6, 6.07) is 5.44. The molecule has 0 aliphatic heterocycles. The molecular weight excluding hydrogens is 164 g/mol. The van der Waals surface area contributed by atoms with Crippen molar-refractivity contribution in [2.75, 3.05) is 0 Å². The van der Waals surface area contributed by atoms with Gasteiger partial charge in [-0.3, -0.25) is 4.79 Å². The van der Waals surface area contributed by atoms with E-state index in [1.54, 1.807) is 6.07 Å². The quantitative estimate of drug-likeness (QED) is 0.685. The van der Waals surface area contributed by atoms with Crippen molar-refractivity contribution in [3.8, 4) is 0 Å². The lowest BCUT2D eigenvalue weighted by Gasteiger charge is -1.97. The monoisotopic (exact) mass is 176 g/mol. The van der Waals surface area contributed by atoms with Crippen LogP contribution in [0.3, 0.4) is 0 Å². The van der Waals surface area contributed by atoms with Gasteiger partial charge in [-0.05, 0) is 18.1 Å². The third-order valence-corrected chi connectivity index (χ3v) is 2.15. The molecule has 0 saturated heterocycles. The maximum Gasteiger partial charge on any atom is 0.249 e. The van der Waals surface area contributed by atoms with Gasteiger partial charge in [-0.2, -0.15) is 0 Å². The van der Waals surface area contributed by atoms with E-state index in [0.717, 1.165) is 16.7 Å². The Balaban J connectivity index is 2.69. The summed E-state index contributed by atoms with van der Waals surface area (Å²) >= 11 is 0. The predicted molar refractivity (Wildman–Crippen MR) is 53.0 cm³/mol. The molecule has 3 nitrogen and oxygen atoms in total. The summed E-state index contributed by atoms with van der Waals surface area (Å²) in [5.41, 5.74) is 1.90. The standard InChI is InChI=1S/C10H12N2O/c1-6(2)8-5-7-3-4-9(13)12-10(7)11-8/h3-6H,1-2H3,(H2,11,12,13). The van der Waals surface area contributed by atoms with Gasteiger partial charge < -0.3 is 9.97 Å². The third kappa shape index (κ3) is 1.37. The van der Waals surface area contributed by atoms with Crippen molar-refractivity contribution in [1.82, 2.24) is 9.97 Å². The first-order valence-electron chi connectivity index (χ1n) is 4.39. The first kappa shape index (κ1) is 8.10. The third-order valence-electron chi connectivity index (χ3n) is 2.15. The van der Waals surface area contributed by atoms with Crippen LogP contribution in [0.25, 0.3) is 11.0 Å². The number of aromatic nitrogens is 2. The van der Waals surface area contributed by atoms with Crippen molar-refractivity contribution in [2.24, 2.45) is 0 Å². The molecule has 2 aromatic heterocycles. The van der Waals surface area contributed by atoms with E-state index in [1.165, 1.54) is 0 Å². The summed E-state index contributed by atoms with van der Waals surface area (Å²) in [5.74, 6) is 0.455. The van der Waals surface area contributed by atoms with Crippen molar-refractivity contribution in [1.29, 1.82) is 0 Å². The van der Waals surface area contributed by atoms with E-state index in [4.69, 9.17) is 0 Å². The maximum absolute atomic E-state index is 11.0. The summed E-state index contributed by atoms with van der Waals surface area (Å²) in [5, 5.41) is 1.06. The van der Waals surface area contributed by atoms with Gasteiger partial charge in [0.25, 0.3) is 0 Å². The summed E-state index contributed by atoms with van der Waals surface area (Å²) in [6.07, 6.45) is 0. The van der Waals surface area contributed by atoms with Crippen molar-refractivity contribution >= 4 is 11.0 Å². The predicted octanol–water partition coefficient (Wildman–Crippen LogP) is 1.98. The van der Waals surface area contributed by atoms with Crippen molar-refractivity contribution in [3.05, 3.63) is 34.2 Å². The van der Waals surface area contributed by atoms with Gasteiger partial charge in [0, 0.05) is 17.1 Å². The van der Waals surface area contributed by atoms with Crippen LogP contribution in [0, 0.1) is 0 Å². The SMILES string of the molecule is CC(C)c1cc2ccc(=O)[nH]c2[nH]1. The molecule has 0 aromatic carbocycles. The van der Waals surface area contributed by atoms with Crippen molar-refractivity contribution in [3.63, 3.8) is 0 Å². The van der Waals surface area contributed by atoms with Gasteiger partial charge >= 0.3 is 0 Å². The highest BCUT2D eigenvalue weighted by atomic mass is 16.1. The number of hydrogen-bond donors (Lipinski definition) is 2. The minimum atomic E-state index is -0.0651. The molecule has 0 fully saturated rings. The molecule has 0 atom stereocenters. The molecule has 3 heteroatoms. The zero-order chi connectivity index (χ0) is 9.42. The van der Waals surface area contributed by atoms with E-state index in [2.05, 4.69) is 29.9 Å². The molecule has 0 aliphatic rings. The fraction of sp³-hybridized carbons (Fsp3) is 0.300. The van der Waals surface area contributed by atoms with Crippen LogP contribution in [-0.4, -0.2) is 9.97 Å². The zero-order valence-electron chi connectivity index (χ0n) is 7.72. The Bertz CT molecular complexity index is 479. The average Bonchev–Trinajstić information content (AvgIpc) is 2.46. The number of rotatable bonds is 1. The van der Waals surface area contributed by atoms with Crippen LogP contribution in [0.2, 0.25) is 0 Å². The van der Waals surface area contributed by atoms with E-state index in [9.17, 15) is 4.79 Å². The molecule has 0 saturated carbocycles. The Kier molecular flexibility index (Phi) is 1.72. The van der Waals surface area contributed by atoms with Crippen LogP contribution in [0.4, 0.5) is 0 Å². The Labute approximate surface area is 75.8 Å². The smallest absolute Gasteiger partial charge is 0.249 e. The highest BCUT2D eigenvalue weighted by Crippen LogP contribution is 2.17. The van der Waals surface area contributed by atoms with Crippen LogP contribution >= 0.6 is 0 Å². The van der Waals surface area contributed by atoms with E-state index in [-0.39, 0.29) is 5.56 Å². The summed E-state index contributed by atoms with van der Waals surface area (Å²) in [7, 11) is 0. The fourth-order valence-corrected chi connectivity index (χ4v) is 1.37. The van der Waals surface area contributed by atoms with Crippen molar-refractivity contribution in [2.45, 2.75) is 19.8 Å². The molecule has 68 valence electrons. The Morgan fingerprint density at radius 1 is 1.23 bits per heavy atom. The van der Waals surface area contributed by atoms with Gasteiger partial charge in [-0.15, -0.1) is 0 Å². The van der Waals surface area contributed by atoms with E-state index in [1.807, 2.05) is 6.07 Å². The lowest BCUT2D eigenvalue weighted by molar-refractivity contribution is 0.835. The Morgan fingerprint density at radius 3 is 2.69 bits per heavy atom. The second-order valence-electron chi connectivity index (χ2n) is 3.53. The van der Waals surface area contributed by atoms with Crippen LogP contribution in [-0.2, 0) is 0 Å². The zero-order valence-corrected chi connectivity index (χ0v) is 7.72. The number of hydrogen-bond acceptors (Lipinski definition) is 1. The average molecular weight is 176 g/mol. The topological polar surface area (TPSA) is 48.6 Å². The number of pyridine rings is 1. The van der Waals surface area contributed by atoms with E-state index in [0.29, 0.717) is 5.92 Å². The van der Waals surface area contributed by atoms with E-state index < -0.39 is 0 Å². The summed E-state index contributed by atoms with van der Waals surface area (Å²) < 4.78 is 0. The van der Waals surface area contributed by atoms with Crippen molar-refractivity contribution < 1.29 is 0 Å². The molecule has 2 rings (SSSR count). The molecule has 0 aliphatic carbocycles. The van der Waals surface area contributed by atoms with Gasteiger partial charge in [-0.1, -0.05) is 13.8 Å². The van der Waals surface area contributed by atoms with Gasteiger partial charge in [0.15, 0.2) is 0 Å². The van der Waals surface area contributed by atoms with Crippen LogP contribution in [0.5, 0.6) is 0 Å². The summed E-state index contributed by atoms with van der Waals surface area (Å²) in [4.78, 5) is 16.9. The molecule has 0 amide bonds. The van der Waals surface area contributed by atoms with Crippen LogP contribution in [0.1, 0.15) is 25.5 Å². The molecule has 13 heavy (non-hydrogen) atoms. The minimum absolute atomic E-state index is 0.0651. The normalized spacial score (nSPS) is 11.3. The molecule has 0 radical (unpaired) electrons. The largest absolute Gasteiger partial charge is 0.345 e. The Hall–Kier alpha value is -1.51. The molecule has 0 unspecified atom stereocenters. The van der Waals surface area contributed by atoms with E-state index >= 15 is 0 Å². The number of fused-ring (bicyclic) bond motifs is 1. The number of aromatic amines is 2. The first-order valence-corrected chi connectivity index (χ1v) is 4.39. The second-order valence-corrected chi connectivity index (χ2v) is 3.53.